The summed E-state index contributed by atoms with van der Waals surface area (Å²) in [5.41, 5.74) is -1.35. The first kappa shape index (κ1) is 14.2. The summed E-state index contributed by atoms with van der Waals surface area (Å²) in [7, 11) is 0. The summed E-state index contributed by atoms with van der Waals surface area (Å²) in [5, 5.41) is 29.1. The molecule has 0 aromatic heterocycles. The van der Waals surface area contributed by atoms with Crippen molar-refractivity contribution < 1.29 is 29.6 Å². The number of aliphatic hydroxyl groups is 2. The van der Waals surface area contributed by atoms with Gasteiger partial charge in [-0.2, -0.15) is 0 Å². The van der Waals surface area contributed by atoms with Crippen molar-refractivity contribution in [3.63, 3.8) is 0 Å². The van der Waals surface area contributed by atoms with Gasteiger partial charge in [0.05, 0.1) is 24.2 Å². The van der Waals surface area contributed by atoms with Gasteiger partial charge in [-0.3, -0.25) is 9.59 Å². The molecule has 1 aromatic rings. The Morgan fingerprint density at radius 3 is 2.71 bits per heavy atom. The van der Waals surface area contributed by atoms with Crippen LogP contribution in [0.3, 0.4) is 0 Å². The van der Waals surface area contributed by atoms with Gasteiger partial charge in [0, 0.05) is 5.56 Å². The van der Waals surface area contributed by atoms with Gasteiger partial charge in [0.1, 0.15) is 17.5 Å². The molecule has 2 aliphatic rings. The lowest BCUT2D eigenvalue weighted by atomic mass is 9.78. The molecule has 21 heavy (non-hydrogen) atoms. The standard InChI is InChI=1S/C15H16O6/c1-15(20,6-16)10-5-8-12(18)11-7(3-2-4-9(11)17)13(19)14(8)21-10/h2-4,8,10,14,16-17,20H,5-6H2,1H3. The molecular weight excluding hydrogens is 276 g/mol. The molecule has 4 unspecified atom stereocenters. The number of ether oxygens (including phenoxy) is 1. The number of rotatable bonds is 2. The Morgan fingerprint density at radius 1 is 1.33 bits per heavy atom. The van der Waals surface area contributed by atoms with Gasteiger partial charge in [0.15, 0.2) is 11.6 Å². The Bertz CT molecular complexity index is 621. The number of ketones is 2. The van der Waals surface area contributed by atoms with Crippen molar-refractivity contribution in [1.29, 1.82) is 0 Å². The molecule has 1 aliphatic carbocycles. The highest BCUT2D eigenvalue weighted by molar-refractivity contribution is 6.18. The van der Waals surface area contributed by atoms with Crippen LogP contribution < -0.4 is 0 Å². The number of hydrogen-bond acceptors (Lipinski definition) is 6. The van der Waals surface area contributed by atoms with Crippen molar-refractivity contribution in [1.82, 2.24) is 0 Å². The number of carbonyl (C=O) groups excluding carboxylic acids is 2. The van der Waals surface area contributed by atoms with E-state index >= 15 is 0 Å². The molecule has 0 amide bonds. The zero-order valence-electron chi connectivity index (χ0n) is 11.4. The van der Waals surface area contributed by atoms with Gasteiger partial charge in [-0.15, -0.1) is 0 Å². The van der Waals surface area contributed by atoms with Gasteiger partial charge >= 0.3 is 0 Å². The Hall–Kier alpha value is -1.76. The number of aliphatic hydroxyl groups excluding tert-OH is 1. The van der Waals surface area contributed by atoms with E-state index in [-0.39, 0.29) is 34.9 Å². The van der Waals surface area contributed by atoms with Crippen LogP contribution in [0.15, 0.2) is 18.2 Å². The molecule has 4 atom stereocenters. The number of hydrogen-bond donors (Lipinski definition) is 3. The lowest BCUT2D eigenvalue weighted by Gasteiger charge is -2.27. The Balaban J connectivity index is 2.01. The van der Waals surface area contributed by atoms with E-state index in [1.807, 2.05) is 0 Å². The largest absolute Gasteiger partial charge is 0.507 e. The molecule has 1 aromatic carbocycles. The third-order valence-corrected chi connectivity index (χ3v) is 4.31. The van der Waals surface area contributed by atoms with Crippen LogP contribution in [0.25, 0.3) is 0 Å². The molecule has 0 spiro atoms. The third kappa shape index (κ3) is 1.98. The van der Waals surface area contributed by atoms with E-state index in [0.29, 0.717) is 0 Å². The van der Waals surface area contributed by atoms with E-state index in [0.717, 1.165) is 0 Å². The number of aromatic hydroxyl groups is 1. The average Bonchev–Trinajstić information content (AvgIpc) is 2.91. The van der Waals surface area contributed by atoms with E-state index in [1.54, 1.807) is 0 Å². The highest BCUT2D eigenvalue weighted by Crippen LogP contribution is 2.41. The molecule has 6 heteroatoms. The van der Waals surface area contributed by atoms with Gasteiger partial charge in [-0.1, -0.05) is 12.1 Å². The van der Waals surface area contributed by atoms with Gasteiger partial charge in [0.25, 0.3) is 0 Å². The molecule has 1 fully saturated rings. The molecule has 3 N–H and O–H groups in total. The first-order valence-electron chi connectivity index (χ1n) is 6.76. The summed E-state index contributed by atoms with van der Waals surface area (Å²) >= 11 is 0. The molecule has 0 bridgehead atoms. The van der Waals surface area contributed by atoms with Crippen LogP contribution in [0.2, 0.25) is 0 Å². The minimum Gasteiger partial charge on any atom is -0.507 e. The summed E-state index contributed by atoms with van der Waals surface area (Å²) in [6.07, 6.45) is -1.63. The zero-order chi connectivity index (χ0) is 15.4. The predicted octanol–water partition coefficient (Wildman–Crippen LogP) is 0.288. The van der Waals surface area contributed by atoms with Crippen molar-refractivity contribution in [3.8, 4) is 5.75 Å². The quantitative estimate of drug-likeness (QED) is 0.723. The van der Waals surface area contributed by atoms with Crippen LogP contribution in [-0.2, 0) is 4.74 Å². The van der Waals surface area contributed by atoms with E-state index in [1.165, 1.54) is 25.1 Å². The molecule has 0 saturated carbocycles. The molecule has 0 radical (unpaired) electrons. The molecule has 1 saturated heterocycles. The van der Waals surface area contributed by atoms with Crippen molar-refractivity contribution in [2.75, 3.05) is 6.61 Å². The van der Waals surface area contributed by atoms with Crippen LogP contribution in [0, 0.1) is 5.92 Å². The van der Waals surface area contributed by atoms with E-state index in [2.05, 4.69) is 0 Å². The van der Waals surface area contributed by atoms with E-state index in [4.69, 9.17) is 4.74 Å². The fourth-order valence-corrected chi connectivity index (χ4v) is 3.02. The maximum atomic E-state index is 12.5. The highest BCUT2D eigenvalue weighted by Gasteiger charge is 2.53. The fraction of sp³-hybridized carbons (Fsp3) is 0.467. The van der Waals surface area contributed by atoms with Crippen LogP contribution in [-0.4, -0.2) is 51.3 Å². The Labute approximate surface area is 121 Å². The van der Waals surface area contributed by atoms with Crippen molar-refractivity contribution in [3.05, 3.63) is 29.3 Å². The number of phenols is 1. The van der Waals surface area contributed by atoms with Crippen LogP contribution >= 0.6 is 0 Å². The minimum absolute atomic E-state index is 0.0247. The molecule has 1 heterocycles. The van der Waals surface area contributed by atoms with Crippen LogP contribution in [0.1, 0.15) is 34.1 Å². The second-order valence-electron chi connectivity index (χ2n) is 5.83. The monoisotopic (exact) mass is 292 g/mol. The predicted molar refractivity (Wildman–Crippen MR) is 71.2 cm³/mol. The molecule has 112 valence electrons. The molecule has 1 aliphatic heterocycles. The number of benzene rings is 1. The van der Waals surface area contributed by atoms with Crippen LogP contribution in [0.5, 0.6) is 5.75 Å². The average molecular weight is 292 g/mol. The number of phenolic OH excluding ortho intramolecular Hbond substituents is 1. The molecule has 6 nitrogen and oxygen atoms in total. The third-order valence-electron chi connectivity index (χ3n) is 4.31. The fourth-order valence-electron chi connectivity index (χ4n) is 3.02. The van der Waals surface area contributed by atoms with Gasteiger partial charge in [0.2, 0.25) is 0 Å². The number of Topliss-reactive ketones (excluding diaryl/α,β-unsaturated/α-hetero) is 2. The summed E-state index contributed by atoms with van der Waals surface area (Å²) in [5.74, 6) is -1.69. The van der Waals surface area contributed by atoms with E-state index < -0.39 is 30.3 Å². The first-order valence-corrected chi connectivity index (χ1v) is 6.76. The Morgan fingerprint density at radius 2 is 2.05 bits per heavy atom. The van der Waals surface area contributed by atoms with E-state index in [9.17, 15) is 24.9 Å². The number of carbonyl (C=O) groups is 2. The topological polar surface area (TPSA) is 104 Å². The number of fused-ring (bicyclic) bond motifs is 2. The summed E-state index contributed by atoms with van der Waals surface area (Å²) in [4.78, 5) is 24.9. The van der Waals surface area contributed by atoms with Gasteiger partial charge < -0.3 is 20.1 Å². The highest BCUT2D eigenvalue weighted by atomic mass is 16.5. The van der Waals surface area contributed by atoms with Crippen LogP contribution in [0.4, 0.5) is 0 Å². The molecule has 3 rings (SSSR count). The van der Waals surface area contributed by atoms with Gasteiger partial charge in [-0.25, -0.2) is 0 Å². The minimum atomic E-state index is -1.52. The second-order valence-corrected chi connectivity index (χ2v) is 5.83. The second kappa shape index (κ2) is 4.62. The zero-order valence-corrected chi connectivity index (χ0v) is 11.4. The SMILES string of the molecule is CC(O)(CO)C1CC2C(=O)c3c(O)cccc3C(=O)C2O1. The lowest BCUT2D eigenvalue weighted by Crippen LogP contribution is -2.43. The van der Waals surface area contributed by atoms with Crippen molar-refractivity contribution in [2.24, 2.45) is 5.92 Å². The first-order chi connectivity index (χ1) is 9.86. The summed E-state index contributed by atoms with van der Waals surface area (Å²) in [6.45, 7) is 0.867. The summed E-state index contributed by atoms with van der Waals surface area (Å²) < 4.78 is 5.54. The lowest BCUT2D eigenvalue weighted by molar-refractivity contribution is -0.110. The van der Waals surface area contributed by atoms with Gasteiger partial charge in [-0.05, 0) is 19.4 Å². The maximum Gasteiger partial charge on any atom is 0.193 e. The molecular formula is C15H16O6. The smallest absolute Gasteiger partial charge is 0.193 e. The Kier molecular flexibility index (Phi) is 3.12. The van der Waals surface area contributed by atoms with Crippen molar-refractivity contribution in [2.45, 2.75) is 31.2 Å². The maximum absolute atomic E-state index is 12.5. The summed E-state index contributed by atoms with van der Waals surface area (Å²) in [6, 6.07) is 4.34. The van der Waals surface area contributed by atoms with Crippen molar-refractivity contribution >= 4 is 11.6 Å². The normalized spacial score (nSPS) is 30.7.